The zero-order valence-corrected chi connectivity index (χ0v) is 8.15. The van der Waals surface area contributed by atoms with Crippen LogP contribution in [0.5, 0.6) is 0 Å². The summed E-state index contributed by atoms with van der Waals surface area (Å²) < 4.78 is 0. The summed E-state index contributed by atoms with van der Waals surface area (Å²) in [6.07, 6.45) is 14.6. The molecule has 1 rings (SSSR count). The highest BCUT2D eigenvalue weighted by Crippen LogP contribution is 2.22. The Bertz CT molecular complexity index is 123. The van der Waals surface area contributed by atoms with Gasteiger partial charge in [-0.05, 0) is 38.5 Å². The summed E-state index contributed by atoms with van der Waals surface area (Å²) in [5.41, 5.74) is 1.72. The predicted octanol–water partition coefficient (Wildman–Crippen LogP) is 4.27. The Morgan fingerprint density at radius 1 is 1.08 bits per heavy atom. The Labute approximate surface area is 77.1 Å². The maximum absolute atomic E-state index is 3.86. The second kappa shape index (κ2) is 6.28. The van der Waals surface area contributed by atoms with E-state index >= 15 is 0 Å². The van der Waals surface area contributed by atoms with Gasteiger partial charge < -0.3 is 0 Å². The average molecular weight is 165 g/mol. The van der Waals surface area contributed by atoms with E-state index in [1.54, 1.807) is 5.57 Å². The van der Waals surface area contributed by atoms with Gasteiger partial charge in [0.05, 0.1) is 0 Å². The van der Waals surface area contributed by atoms with E-state index in [4.69, 9.17) is 0 Å². The molecule has 0 spiro atoms. The quantitative estimate of drug-likeness (QED) is 0.333. The average Bonchev–Trinajstić information content (AvgIpc) is 2.33. The van der Waals surface area contributed by atoms with Crippen LogP contribution in [-0.4, -0.2) is 0 Å². The van der Waals surface area contributed by atoms with Gasteiger partial charge in [-0.1, -0.05) is 37.8 Å². The van der Waals surface area contributed by atoms with Crippen molar-refractivity contribution in [1.82, 2.24) is 0 Å². The van der Waals surface area contributed by atoms with Gasteiger partial charge in [-0.25, -0.2) is 0 Å². The highest BCUT2D eigenvalue weighted by molar-refractivity contribution is 5.02. The summed E-state index contributed by atoms with van der Waals surface area (Å²) in [5, 5.41) is 0. The zero-order valence-electron chi connectivity index (χ0n) is 8.15. The fourth-order valence-corrected chi connectivity index (χ4v) is 1.84. The van der Waals surface area contributed by atoms with E-state index in [1.165, 1.54) is 51.4 Å². The van der Waals surface area contributed by atoms with Crippen LogP contribution >= 0.6 is 0 Å². The fourth-order valence-electron chi connectivity index (χ4n) is 1.84. The summed E-state index contributed by atoms with van der Waals surface area (Å²) in [6.45, 7) is 3.86. The van der Waals surface area contributed by atoms with Crippen molar-refractivity contribution in [2.75, 3.05) is 0 Å². The largest absolute Gasteiger partial charge is 0.0853 e. The molecular weight excluding hydrogens is 144 g/mol. The number of rotatable bonds is 3. The highest BCUT2D eigenvalue weighted by atomic mass is 14.1. The van der Waals surface area contributed by atoms with Gasteiger partial charge in [0.15, 0.2) is 0 Å². The van der Waals surface area contributed by atoms with Crippen molar-refractivity contribution in [2.24, 2.45) is 0 Å². The first-order valence-corrected chi connectivity index (χ1v) is 5.40. The number of hydrogen-bond donors (Lipinski definition) is 0. The van der Waals surface area contributed by atoms with Crippen molar-refractivity contribution in [3.8, 4) is 0 Å². The Hall–Kier alpha value is -0.260. The van der Waals surface area contributed by atoms with E-state index in [0.717, 1.165) is 6.42 Å². The van der Waals surface area contributed by atoms with Crippen LogP contribution in [-0.2, 0) is 0 Å². The fraction of sp³-hybridized carbons (Fsp3) is 0.750. The molecule has 0 N–H and O–H groups in total. The third kappa shape index (κ3) is 3.94. The van der Waals surface area contributed by atoms with Crippen molar-refractivity contribution in [1.29, 1.82) is 0 Å². The maximum Gasteiger partial charge on any atom is -0.0320 e. The molecule has 12 heavy (non-hydrogen) atoms. The molecule has 1 aliphatic rings. The lowest BCUT2D eigenvalue weighted by Gasteiger charge is -2.01. The van der Waals surface area contributed by atoms with Gasteiger partial charge in [0.25, 0.3) is 0 Å². The minimum absolute atomic E-state index is 1.09. The second-order valence-corrected chi connectivity index (χ2v) is 3.77. The van der Waals surface area contributed by atoms with Crippen molar-refractivity contribution >= 4 is 0 Å². The Morgan fingerprint density at radius 3 is 2.33 bits per heavy atom. The molecular formula is C12H21. The molecule has 1 fully saturated rings. The SMILES string of the molecule is [CH2]CCCC=C1CCCCCC1. The first-order valence-electron chi connectivity index (χ1n) is 5.40. The Balaban J connectivity index is 2.22. The lowest BCUT2D eigenvalue weighted by atomic mass is 10.1. The smallest absolute Gasteiger partial charge is 0.0320 e. The molecule has 69 valence electrons. The lowest BCUT2D eigenvalue weighted by molar-refractivity contribution is 0.702. The first kappa shape index (κ1) is 9.83. The minimum Gasteiger partial charge on any atom is -0.0853 e. The number of unbranched alkanes of at least 4 members (excludes halogenated alkanes) is 2. The molecule has 0 bridgehead atoms. The lowest BCUT2D eigenvalue weighted by Crippen LogP contribution is -1.81. The summed E-state index contributed by atoms with van der Waals surface area (Å²) in [7, 11) is 0. The van der Waals surface area contributed by atoms with Crippen LogP contribution in [0.15, 0.2) is 11.6 Å². The molecule has 0 aromatic heterocycles. The third-order valence-electron chi connectivity index (χ3n) is 2.63. The zero-order chi connectivity index (χ0) is 8.65. The molecule has 0 atom stereocenters. The Morgan fingerprint density at radius 2 is 1.75 bits per heavy atom. The molecule has 0 heteroatoms. The molecule has 0 amide bonds. The molecule has 0 unspecified atom stereocenters. The summed E-state index contributed by atoms with van der Waals surface area (Å²) in [4.78, 5) is 0. The van der Waals surface area contributed by atoms with Gasteiger partial charge in [-0.3, -0.25) is 0 Å². The van der Waals surface area contributed by atoms with E-state index in [0.29, 0.717) is 0 Å². The molecule has 0 aromatic rings. The standard InChI is InChI=1S/C12H21/c1-2-3-6-9-12-10-7-4-5-8-11-12/h9H,1-8,10-11H2. The van der Waals surface area contributed by atoms with E-state index in [-0.39, 0.29) is 0 Å². The number of allylic oxidation sites excluding steroid dienone is 2. The van der Waals surface area contributed by atoms with Gasteiger partial charge in [0, 0.05) is 0 Å². The summed E-state index contributed by atoms with van der Waals surface area (Å²) >= 11 is 0. The molecule has 1 aliphatic carbocycles. The predicted molar refractivity (Wildman–Crippen MR) is 55.0 cm³/mol. The topological polar surface area (TPSA) is 0 Å². The molecule has 0 saturated heterocycles. The summed E-state index contributed by atoms with van der Waals surface area (Å²) in [6, 6.07) is 0. The van der Waals surface area contributed by atoms with Crippen molar-refractivity contribution < 1.29 is 0 Å². The third-order valence-corrected chi connectivity index (χ3v) is 2.63. The molecule has 0 aromatic carbocycles. The van der Waals surface area contributed by atoms with Crippen LogP contribution in [0.3, 0.4) is 0 Å². The molecule has 0 nitrogen and oxygen atoms in total. The summed E-state index contributed by atoms with van der Waals surface area (Å²) in [5.74, 6) is 0. The van der Waals surface area contributed by atoms with E-state index in [2.05, 4.69) is 13.0 Å². The van der Waals surface area contributed by atoms with Crippen LogP contribution in [0.2, 0.25) is 0 Å². The molecule has 0 heterocycles. The van der Waals surface area contributed by atoms with Gasteiger partial charge in [0.1, 0.15) is 0 Å². The minimum atomic E-state index is 1.09. The van der Waals surface area contributed by atoms with Crippen LogP contribution < -0.4 is 0 Å². The number of hydrogen-bond acceptors (Lipinski definition) is 0. The van der Waals surface area contributed by atoms with Crippen LogP contribution in [0, 0.1) is 6.92 Å². The molecule has 1 radical (unpaired) electrons. The van der Waals surface area contributed by atoms with E-state index in [1.807, 2.05) is 0 Å². The highest BCUT2D eigenvalue weighted by Gasteiger charge is 2.02. The first-order chi connectivity index (χ1) is 5.93. The van der Waals surface area contributed by atoms with Crippen LogP contribution in [0.4, 0.5) is 0 Å². The van der Waals surface area contributed by atoms with E-state index in [9.17, 15) is 0 Å². The van der Waals surface area contributed by atoms with Gasteiger partial charge in [-0.2, -0.15) is 0 Å². The van der Waals surface area contributed by atoms with E-state index < -0.39 is 0 Å². The van der Waals surface area contributed by atoms with Gasteiger partial charge >= 0.3 is 0 Å². The monoisotopic (exact) mass is 165 g/mol. The van der Waals surface area contributed by atoms with Gasteiger partial charge in [0.2, 0.25) is 0 Å². The molecule has 0 aliphatic heterocycles. The van der Waals surface area contributed by atoms with Crippen LogP contribution in [0.1, 0.15) is 57.8 Å². The normalized spacial score (nSPS) is 18.9. The van der Waals surface area contributed by atoms with Crippen molar-refractivity contribution in [3.05, 3.63) is 18.6 Å². The molecule has 1 saturated carbocycles. The van der Waals surface area contributed by atoms with Crippen molar-refractivity contribution in [2.45, 2.75) is 57.8 Å². The second-order valence-electron chi connectivity index (χ2n) is 3.77. The Kier molecular flexibility index (Phi) is 5.14. The maximum atomic E-state index is 3.86. The van der Waals surface area contributed by atoms with Crippen LogP contribution in [0.25, 0.3) is 0 Å². The van der Waals surface area contributed by atoms with Gasteiger partial charge in [-0.15, -0.1) is 0 Å². The van der Waals surface area contributed by atoms with Crippen molar-refractivity contribution in [3.63, 3.8) is 0 Å².